The molecule has 0 unspecified atom stereocenters. The van der Waals surface area contributed by atoms with Crippen LogP contribution < -0.4 is 36.6 Å². The van der Waals surface area contributed by atoms with Gasteiger partial charge in [-0.2, -0.15) is 0 Å². The lowest BCUT2D eigenvalue weighted by molar-refractivity contribution is 0.416. The molecule has 0 spiro atoms. The zero-order valence-corrected chi connectivity index (χ0v) is 34.1. The van der Waals surface area contributed by atoms with Crippen molar-refractivity contribution in [2.45, 2.75) is 41.5 Å². The highest BCUT2D eigenvalue weighted by molar-refractivity contribution is 7.88. The van der Waals surface area contributed by atoms with Crippen molar-refractivity contribution in [1.29, 1.82) is 0 Å². The Labute approximate surface area is 321 Å². The van der Waals surface area contributed by atoms with E-state index in [1.165, 1.54) is 65.2 Å². The molecule has 7 rings (SSSR count). The lowest BCUT2D eigenvalue weighted by Crippen LogP contribution is -2.25. The molecule has 7 aromatic carbocycles. The molecule has 0 radical (unpaired) electrons. The molecule has 0 saturated carbocycles. The lowest BCUT2D eigenvalue weighted by Gasteiger charge is -2.28. The van der Waals surface area contributed by atoms with Gasteiger partial charge in [0.15, 0.2) is 0 Å². The Morgan fingerprint density at radius 1 is 0.333 bits per heavy atom. The number of benzene rings is 7. The van der Waals surface area contributed by atoms with Gasteiger partial charge in [0, 0.05) is 37.9 Å². The van der Waals surface area contributed by atoms with Crippen LogP contribution in [0.4, 0.5) is 11.4 Å². The van der Waals surface area contributed by atoms with E-state index in [0.29, 0.717) is 5.75 Å². The number of methoxy groups -OCH3 is 1. The first kappa shape index (κ1) is 37.1. The van der Waals surface area contributed by atoms with E-state index < -0.39 is 14.1 Å². The Bertz CT molecular complexity index is 2260. The molecule has 0 heterocycles. The second kappa shape index (κ2) is 15.6. The Hall–Kier alpha value is -5.20. The monoisotopic (exact) mass is 742 g/mol. The van der Waals surface area contributed by atoms with Crippen LogP contribution in [0.1, 0.15) is 33.4 Å². The van der Waals surface area contributed by atoms with Crippen molar-refractivity contribution >= 4 is 57.3 Å². The van der Waals surface area contributed by atoms with E-state index in [0.717, 1.165) is 11.4 Å². The van der Waals surface area contributed by atoms with E-state index in [9.17, 15) is 0 Å². The minimum atomic E-state index is -2.57. The van der Waals surface area contributed by atoms with Crippen molar-refractivity contribution in [1.82, 2.24) is 0 Å². The largest absolute Gasteiger partial charge is 0.494 e. The highest BCUT2D eigenvalue weighted by atomic mass is 31.2. The van der Waals surface area contributed by atoms with E-state index >= 15 is 0 Å². The van der Waals surface area contributed by atoms with Crippen molar-refractivity contribution in [3.8, 4) is 5.75 Å². The summed E-state index contributed by atoms with van der Waals surface area (Å²) in [5.41, 5.74) is 8.98. The minimum absolute atomic E-state index is 0.696. The number of aryl methyl sites for hydroxylation is 6. The Morgan fingerprint density at radius 2 is 0.593 bits per heavy atom. The molecule has 0 aliphatic rings. The van der Waals surface area contributed by atoms with Crippen LogP contribution >= 0.6 is 14.1 Å². The number of ether oxygens (including phenoxy) is 1. The summed E-state index contributed by atoms with van der Waals surface area (Å²) in [6.07, 6.45) is 0. The van der Waals surface area contributed by atoms with Crippen molar-refractivity contribution in [3.05, 3.63) is 197 Å². The molecular weight excluding hydrogens is 694 g/mol. The van der Waals surface area contributed by atoms with E-state index in [1.54, 1.807) is 7.11 Å². The molecule has 0 fully saturated rings. The zero-order chi connectivity index (χ0) is 37.9. The van der Waals surface area contributed by atoms with Crippen molar-refractivity contribution < 1.29 is 4.74 Å². The molecular formula is C49H48N2OP2. The van der Waals surface area contributed by atoms with Gasteiger partial charge >= 0.3 is 0 Å². The SMILES string of the molecule is COc1cc(N=P(c2ccc(C)cc2)(c2ccc(C)cc2)c2ccc(C)cc2)ccc1N=P(c1ccc(C)cc1)(c1ccc(C)cc1)c1ccc(C)cc1. The average Bonchev–Trinajstić information content (AvgIpc) is 3.18. The zero-order valence-electron chi connectivity index (χ0n) is 32.3. The predicted octanol–water partition coefficient (Wildman–Crippen LogP) is 11.2. The van der Waals surface area contributed by atoms with Crippen LogP contribution in [0.2, 0.25) is 0 Å². The summed E-state index contributed by atoms with van der Waals surface area (Å²) in [5, 5.41) is 7.20. The fourth-order valence-corrected chi connectivity index (χ4v) is 13.9. The van der Waals surface area contributed by atoms with Gasteiger partial charge in [-0.1, -0.05) is 179 Å². The number of hydrogen-bond donors (Lipinski definition) is 0. The fourth-order valence-electron chi connectivity index (χ4n) is 6.95. The van der Waals surface area contributed by atoms with Crippen LogP contribution in [0.15, 0.2) is 173 Å². The first-order valence-corrected chi connectivity index (χ1v) is 22.0. The smallest absolute Gasteiger partial charge is 0.146 e. The van der Waals surface area contributed by atoms with Gasteiger partial charge in [-0.3, -0.25) is 4.74 Å². The molecule has 270 valence electrons. The summed E-state index contributed by atoms with van der Waals surface area (Å²) < 4.78 is 17.9. The van der Waals surface area contributed by atoms with Crippen LogP contribution in [0, 0.1) is 41.5 Å². The van der Waals surface area contributed by atoms with Gasteiger partial charge in [0.25, 0.3) is 0 Å². The number of hydrogen-bond acceptors (Lipinski definition) is 3. The maximum atomic E-state index is 6.25. The van der Waals surface area contributed by atoms with Gasteiger partial charge in [0.05, 0.1) is 26.9 Å². The molecule has 0 aliphatic carbocycles. The third-order valence-corrected chi connectivity index (χ3v) is 17.5. The molecule has 54 heavy (non-hydrogen) atoms. The fraction of sp³-hybridized carbons (Fsp3) is 0.143. The Kier molecular flexibility index (Phi) is 10.8. The standard InChI is InChI=1S/C49H48N2OP2/c1-35-8-21-42(22-9-35)53(43-23-10-36(2)11-24-43,44-25-12-37(3)13-26-44)50-41-20-33-48(49(34-41)52-7)51-54(45-27-14-38(4)15-28-45,46-29-16-39(5)17-30-46)47-31-18-40(6)19-32-47/h8-34H,1-7H3. The molecule has 0 amide bonds. The first-order chi connectivity index (χ1) is 26.1. The second-order valence-corrected chi connectivity index (χ2v) is 20.4. The van der Waals surface area contributed by atoms with Crippen LogP contribution in [-0.2, 0) is 0 Å². The van der Waals surface area contributed by atoms with E-state index in [4.69, 9.17) is 14.2 Å². The summed E-state index contributed by atoms with van der Waals surface area (Å²) in [7, 11) is -3.36. The van der Waals surface area contributed by atoms with Gasteiger partial charge in [0.2, 0.25) is 0 Å². The Balaban J connectivity index is 1.53. The second-order valence-electron chi connectivity index (χ2n) is 14.3. The molecule has 3 nitrogen and oxygen atoms in total. The summed E-state index contributed by atoms with van der Waals surface area (Å²) >= 11 is 0. The van der Waals surface area contributed by atoms with Crippen LogP contribution in [0.3, 0.4) is 0 Å². The molecule has 0 atom stereocenters. The van der Waals surface area contributed by atoms with Crippen LogP contribution in [0.5, 0.6) is 5.75 Å². The average molecular weight is 743 g/mol. The summed E-state index contributed by atoms with van der Waals surface area (Å²) in [6.45, 7) is 12.8. The van der Waals surface area contributed by atoms with Gasteiger partial charge in [-0.05, 0) is 53.7 Å². The summed E-state index contributed by atoms with van der Waals surface area (Å²) in [6, 6.07) is 59.8. The van der Waals surface area contributed by atoms with Crippen molar-refractivity contribution in [2.75, 3.05) is 7.11 Å². The maximum Gasteiger partial charge on any atom is 0.146 e. The summed E-state index contributed by atoms with van der Waals surface area (Å²) in [4.78, 5) is 0. The maximum absolute atomic E-state index is 6.25. The van der Waals surface area contributed by atoms with Gasteiger partial charge in [-0.15, -0.1) is 0 Å². The van der Waals surface area contributed by atoms with Gasteiger partial charge < -0.3 is 4.74 Å². The molecule has 0 aliphatic heterocycles. The van der Waals surface area contributed by atoms with Gasteiger partial charge in [0.1, 0.15) is 11.4 Å². The quantitative estimate of drug-likeness (QED) is 0.136. The summed E-state index contributed by atoms with van der Waals surface area (Å²) in [5.74, 6) is 0.696. The van der Waals surface area contributed by atoms with E-state index in [2.05, 4.69) is 205 Å². The first-order valence-electron chi connectivity index (χ1n) is 18.5. The van der Waals surface area contributed by atoms with Crippen molar-refractivity contribution in [3.63, 3.8) is 0 Å². The van der Waals surface area contributed by atoms with Gasteiger partial charge in [-0.25, -0.2) is 4.74 Å². The van der Waals surface area contributed by atoms with Crippen LogP contribution in [-0.4, -0.2) is 7.11 Å². The predicted molar refractivity (Wildman–Crippen MR) is 236 cm³/mol. The highest BCUT2D eigenvalue weighted by Crippen LogP contribution is 2.53. The molecule has 5 heteroatoms. The number of rotatable bonds is 9. The molecule has 7 aromatic rings. The molecule has 0 aromatic heterocycles. The van der Waals surface area contributed by atoms with Crippen molar-refractivity contribution in [2.24, 2.45) is 9.49 Å². The third kappa shape index (κ3) is 7.32. The van der Waals surface area contributed by atoms with Crippen LogP contribution in [0.25, 0.3) is 0 Å². The normalized spacial score (nSPS) is 11.6. The van der Waals surface area contributed by atoms with E-state index in [-0.39, 0.29) is 0 Å². The molecule has 0 saturated heterocycles. The lowest BCUT2D eigenvalue weighted by atomic mass is 10.2. The topological polar surface area (TPSA) is 34.0 Å². The third-order valence-electron chi connectivity index (χ3n) is 10.1. The van der Waals surface area contributed by atoms with E-state index in [1.807, 2.05) is 0 Å². The molecule has 0 bridgehead atoms. The highest BCUT2D eigenvalue weighted by Gasteiger charge is 2.30. The minimum Gasteiger partial charge on any atom is -0.494 e. The number of nitrogens with zero attached hydrogens (tertiary/aromatic N) is 2. The molecule has 0 N–H and O–H groups in total. The Morgan fingerprint density at radius 3 is 0.852 bits per heavy atom.